The summed E-state index contributed by atoms with van der Waals surface area (Å²) in [5.74, 6) is 1.14. The number of carbonyl (C=O) groups excluding carboxylic acids is 1. The molecule has 4 aromatic rings. The fraction of sp³-hybridized carbons (Fsp3) is 0.393. The number of hydrogen-bond donors (Lipinski definition) is 0. The molecule has 0 saturated carbocycles. The zero-order valence-electron chi connectivity index (χ0n) is 21.1. The Labute approximate surface area is 215 Å². The molecule has 9 heteroatoms. The zero-order valence-corrected chi connectivity index (χ0v) is 21.1. The highest BCUT2D eigenvalue weighted by Crippen LogP contribution is 2.28. The molecule has 2 aliphatic rings. The lowest BCUT2D eigenvalue weighted by molar-refractivity contribution is -0.122. The number of rotatable bonds is 6. The maximum absolute atomic E-state index is 13.2. The molecule has 0 spiro atoms. The van der Waals surface area contributed by atoms with Gasteiger partial charge >= 0.3 is 0 Å². The first-order chi connectivity index (χ1) is 17.9. The number of carbonyl (C=O) groups is 1. The van der Waals surface area contributed by atoms with Crippen molar-refractivity contribution >= 4 is 17.1 Å². The van der Waals surface area contributed by atoms with Crippen LogP contribution < -0.4 is 4.90 Å². The fourth-order valence-corrected chi connectivity index (χ4v) is 5.25. The molecular formula is C28H30FN7O. The summed E-state index contributed by atoms with van der Waals surface area (Å²) in [6.07, 6.45) is 8.45. The number of anilines is 1. The van der Waals surface area contributed by atoms with Crippen molar-refractivity contribution in [3.8, 4) is 11.3 Å². The van der Waals surface area contributed by atoms with E-state index in [1.54, 1.807) is 17.3 Å². The number of aromatic nitrogens is 5. The van der Waals surface area contributed by atoms with Gasteiger partial charge in [-0.25, -0.2) is 18.9 Å². The Bertz CT molecular complexity index is 1430. The summed E-state index contributed by atoms with van der Waals surface area (Å²) < 4.78 is 15.1. The molecule has 0 N–H and O–H groups in total. The van der Waals surface area contributed by atoms with Crippen LogP contribution in [0.15, 0.2) is 55.1 Å². The van der Waals surface area contributed by atoms with Crippen molar-refractivity contribution in [3.63, 3.8) is 0 Å². The van der Waals surface area contributed by atoms with Gasteiger partial charge in [-0.05, 0) is 42.7 Å². The Morgan fingerprint density at radius 1 is 1.11 bits per heavy atom. The van der Waals surface area contributed by atoms with Gasteiger partial charge in [-0.1, -0.05) is 13.8 Å². The van der Waals surface area contributed by atoms with Gasteiger partial charge in [0.15, 0.2) is 0 Å². The number of fused-ring (bicyclic) bond motifs is 1. The van der Waals surface area contributed by atoms with Crippen molar-refractivity contribution in [2.24, 2.45) is 0 Å². The summed E-state index contributed by atoms with van der Waals surface area (Å²) in [4.78, 5) is 30.5. The number of likely N-dealkylation sites (tertiary alicyclic amines) is 1. The van der Waals surface area contributed by atoms with Crippen molar-refractivity contribution in [3.05, 3.63) is 72.2 Å². The highest BCUT2D eigenvalue weighted by atomic mass is 19.1. The molecule has 1 unspecified atom stereocenters. The number of halogens is 1. The second-order valence-electron chi connectivity index (χ2n) is 10.3. The molecule has 8 nitrogen and oxygen atoms in total. The summed E-state index contributed by atoms with van der Waals surface area (Å²) in [5, 5.41) is 4.45. The Morgan fingerprint density at radius 3 is 2.70 bits per heavy atom. The Balaban J connectivity index is 1.14. The van der Waals surface area contributed by atoms with Gasteiger partial charge in [-0.15, -0.1) is 0 Å². The van der Waals surface area contributed by atoms with Crippen LogP contribution in [0.1, 0.15) is 49.7 Å². The SMILES string of the molecule is CC(C)c1cnn2ccc(-c3ccnc(Cc4ccc(N5CCC(N6CC(F)C6)CC5=O)cn4)n3)cc12. The minimum absolute atomic E-state index is 0.0694. The quantitative estimate of drug-likeness (QED) is 0.398. The van der Waals surface area contributed by atoms with E-state index in [-0.39, 0.29) is 11.9 Å². The van der Waals surface area contributed by atoms with Crippen molar-refractivity contribution in [1.29, 1.82) is 0 Å². The highest BCUT2D eigenvalue weighted by molar-refractivity contribution is 5.94. The topological polar surface area (TPSA) is 79.5 Å². The molecule has 2 fully saturated rings. The number of pyridine rings is 2. The smallest absolute Gasteiger partial charge is 0.228 e. The lowest BCUT2D eigenvalue weighted by Crippen LogP contribution is -2.57. The van der Waals surface area contributed by atoms with E-state index in [4.69, 9.17) is 4.98 Å². The van der Waals surface area contributed by atoms with Crippen LogP contribution in [-0.4, -0.2) is 67.2 Å². The molecule has 0 bridgehead atoms. The van der Waals surface area contributed by atoms with Crippen LogP contribution in [-0.2, 0) is 11.2 Å². The normalized spacial score (nSPS) is 19.1. The van der Waals surface area contributed by atoms with E-state index in [1.807, 2.05) is 41.2 Å². The minimum Gasteiger partial charge on any atom is -0.311 e. The zero-order chi connectivity index (χ0) is 25.5. The second kappa shape index (κ2) is 9.63. The predicted octanol–water partition coefficient (Wildman–Crippen LogP) is 4.05. The van der Waals surface area contributed by atoms with Crippen molar-refractivity contribution < 1.29 is 9.18 Å². The standard InChI is InChI=1S/C28H30FN7O/c1-18(2)24-15-32-36-10-6-19(11-26(24)36)25-5-8-30-27(33-25)12-21-3-4-23(14-31-21)35-9-7-22(13-28(35)37)34-16-20(29)17-34/h3-6,8,10-11,14-15,18,20,22H,7,9,12-13,16-17H2,1-2H3. The number of hydrogen-bond acceptors (Lipinski definition) is 6. The highest BCUT2D eigenvalue weighted by Gasteiger charge is 2.37. The Hall–Kier alpha value is -3.72. The monoisotopic (exact) mass is 499 g/mol. The van der Waals surface area contributed by atoms with Crippen LogP contribution in [0.4, 0.5) is 10.1 Å². The minimum atomic E-state index is -0.743. The molecule has 0 aliphatic carbocycles. The number of piperidine rings is 1. The molecule has 190 valence electrons. The average molecular weight is 500 g/mol. The molecule has 1 atom stereocenters. The van der Waals surface area contributed by atoms with Gasteiger partial charge < -0.3 is 4.90 Å². The van der Waals surface area contributed by atoms with Crippen molar-refractivity contribution in [1.82, 2.24) is 29.5 Å². The third-order valence-corrected chi connectivity index (χ3v) is 7.41. The Morgan fingerprint density at radius 2 is 1.97 bits per heavy atom. The maximum Gasteiger partial charge on any atom is 0.228 e. The molecule has 37 heavy (non-hydrogen) atoms. The van der Waals surface area contributed by atoms with Crippen LogP contribution in [0.3, 0.4) is 0 Å². The van der Waals surface area contributed by atoms with E-state index in [9.17, 15) is 9.18 Å². The van der Waals surface area contributed by atoms with Crippen molar-refractivity contribution in [2.45, 2.75) is 51.2 Å². The molecule has 0 aromatic carbocycles. The molecule has 0 radical (unpaired) electrons. The summed E-state index contributed by atoms with van der Waals surface area (Å²) >= 11 is 0. The van der Waals surface area contributed by atoms with Gasteiger partial charge in [0, 0.05) is 61.3 Å². The number of amides is 1. The molecule has 2 saturated heterocycles. The van der Waals surface area contributed by atoms with Crippen LogP contribution in [0.25, 0.3) is 16.8 Å². The van der Waals surface area contributed by atoms with Crippen molar-refractivity contribution in [2.75, 3.05) is 24.5 Å². The van der Waals surface area contributed by atoms with E-state index in [1.165, 1.54) is 5.56 Å². The van der Waals surface area contributed by atoms with Gasteiger partial charge in [-0.2, -0.15) is 5.10 Å². The predicted molar refractivity (Wildman–Crippen MR) is 139 cm³/mol. The molecule has 2 aliphatic heterocycles. The van der Waals surface area contributed by atoms with Gasteiger partial charge in [0.25, 0.3) is 0 Å². The summed E-state index contributed by atoms with van der Waals surface area (Å²) in [5.41, 5.74) is 5.80. The second-order valence-corrected chi connectivity index (χ2v) is 10.3. The first kappa shape index (κ1) is 23.7. The first-order valence-corrected chi connectivity index (χ1v) is 12.9. The van der Waals surface area contributed by atoms with E-state index >= 15 is 0 Å². The van der Waals surface area contributed by atoms with E-state index in [0.717, 1.165) is 34.6 Å². The van der Waals surface area contributed by atoms with E-state index in [2.05, 4.69) is 39.9 Å². The molecule has 4 aromatic heterocycles. The van der Waals surface area contributed by atoms with E-state index < -0.39 is 6.17 Å². The third-order valence-electron chi connectivity index (χ3n) is 7.41. The van der Waals surface area contributed by atoms with Gasteiger partial charge in [-0.3, -0.25) is 14.7 Å². The molecule has 1 amide bonds. The van der Waals surface area contributed by atoms with Gasteiger partial charge in [0.05, 0.1) is 35.7 Å². The molecule has 6 heterocycles. The summed E-state index contributed by atoms with van der Waals surface area (Å²) in [7, 11) is 0. The lowest BCUT2D eigenvalue weighted by Gasteiger charge is -2.44. The summed E-state index contributed by atoms with van der Waals surface area (Å²) in [6, 6.07) is 10.1. The first-order valence-electron chi connectivity index (χ1n) is 12.9. The Kier molecular flexibility index (Phi) is 6.16. The number of nitrogens with zero attached hydrogens (tertiary/aromatic N) is 7. The molecular weight excluding hydrogens is 469 g/mol. The fourth-order valence-electron chi connectivity index (χ4n) is 5.25. The third kappa shape index (κ3) is 4.71. The lowest BCUT2D eigenvalue weighted by atomic mass is 9.98. The van der Waals surface area contributed by atoms with E-state index in [0.29, 0.717) is 44.2 Å². The summed E-state index contributed by atoms with van der Waals surface area (Å²) in [6.45, 7) is 5.86. The molecule has 6 rings (SSSR count). The maximum atomic E-state index is 13.2. The van der Waals surface area contributed by atoms with Gasteiger partial charge in [0.1, 0.15) is 12.0 Å². The van der Waals surface area contributed by atoms with Crippen LogP contribution in [0.5, 0.6) is 0 Å². The van der Waals surface area contributed by atoms with Crippen LogP contribution in [0.2, 0.25) is 0 Å². The van der Waals surface area contributed by atoms with Gasteiger partial charge in [0.2, 0.25) is 5.91 Å². The van der Waals surface area contributed by atoms with Crippen LogP contribution >= 0.6 is 0 Å². The average Bonchev–Trinajstić information content (AvgIpc) is 3.31. The largest absolute Gasteiger partial charge is 0.311 e. The van der Waals surface area contributed by atoms with Crippen LogP contribution in [0, 0.1) is 0 Å². The number of alkyl halides is 1.